The Bertz CT molecular complexity index is 475. The zero-order valence-electron chi connectivity index (χ0n) is 9.15. The Morgan fingerprint density at radius 1 is 1.62 bits per heavy atom. The van der Waals surface area contributed by atoms with E-state index < -0.39 is 0 Å². The molecule has 0 aliphatic carbocycles. The van der Waals surface area contributed by atoms with Crippen LogP contribution in [-0.2, 0) is 0 Å². The van der Waals surface area contributed by atoms with E-state index in [1.165, 1.54) is 0 Å². The SMILES string of the molecule is Cc1[nH]ncc1C(=O)NC(C)c1ccsc1. The molecule has 1 atom stereocenters. The number of nitrogens with one attached hydrogen (secondary N) is 2. The number of H-pyrrole nitrogens is 1. The summed E-state index contributed by atoms with van der Waals surface area (Å²) in [6.07, 6.45) is 1.55. The summed E-state index contributed by atoms with van der Waals surface area (Å²) in [5.74, 6) is -0.0926. The number of rotatable bonds is 3. The van der Waals surface area contributed by atoms with Crippen molar-refractivity contribution in [2.75, 3.05) is 0 Å². The average Bonchev–Trinajstić information content (AvgIpc) is 2.86. The van der Waals surface area contributed by atoms with Crippen LogP contribution < -0.4 is 5.32 Å². The van der Waals surface area contributed by atoms with Gasteiger partial charge in [-0.1, -0.05) is 0 Å². The third-order valence-corrected chi connectivity index (χ3v) is 3.17. The lowest BCUT2D eigenvalue weighted by Crippen LogP contribution is -2.26. The molecule has 0 aliphatic rings. The molecule has 2 N–H and O–H groups in total. The first-order valence-corrected chi connectivity index (χ1v) is 5.95. The van der Waals surface area contributed by atoms with Gasteiger partial charge in [-0.3, -0.25) is 9.89 Å². The van der Waals surface area contributed by atoms with Crippen molar-refractivity contribution < 1.29 is 4.79 Å². The standard InChI is InChI=1S/C11H13N3OS/c1-7(9-3-4-16-6-9)13-11(15)10-5-12-14-8(10)2/h3-7H,1-2H3,(H,12,14)(H,13,15). The van der Waals surface area contributed by atoms with E-state index >= 15 is 0 Å². The van der Waals surface area contributed by atoms with E-state index in [0.29, 0.717) is 5.56 Å². The van der Waals surface area contributed by atoms with Crippen LogP contribution in [0, 0.1) is 6.92 Å². The van der Waals surface area contributed by atoms with Crippen LogP contribution in [0.25, 0.3) is 0 Å². The Morgan fingerprint density at radius 2 is 2.44 bits per heavy atom. The van der Waals surface area contributed by atoms with Crippen molar-refractivity contribution in [3.8, 4) is 0 Å². The molecular weight excluding hydrogens is 222 g/mol. The lowest BCUT2D eigenvalue weighted by atomic mass is 10.1. The first kappa shape index (κ1) is 10.9. The molecule has 2 aromatic rings. The Morgan fingerprint density at radius 3 is 3.00 bits per heavy atom. The largest absolute Gasteiger partial charge is 0.345 e. The van der Waals surface area contributed by atoms with Crippen LogP contribution in [0.5, 0.6) is 0 Å². The average molecular weight is 235 g/mol. The van der Waals surface area contributed by atoms with Crippen molar-refractivity contribution in [3.63, 3.8) is 0 Å². The highest BCUT2D eigenvalue weighted by Gasteiger charge is 2.14. The molecule has 0 saturated carbocycles. The number of carbonyl (C=O) groups excluding carboxylic acids is 1. The van der Waals surface area contributed by atoms with Crippen molar-refractivity contribution in [3.05, 3.63) is 39.8 Å². The molecule has 4 nitrogen and oxygen atoms in total. The highest BCUT2D eigenvalue weighted by molar-refractivity contribution is 7.07. The van der Waals surface area contributed by atoms with Gasteiger partial charge < -0.3 is 5.32 Å². The molecule has 2 heterocycles. The van der Waals surface area contributed by atoms with Crippen LogP contribution in [0.2, 0.25) is 0 Å². The zero-order chi connectivity index (χ0) is 11.5. The molecule has 5 heteroatoms. The molecule has 0 bridgehead atoms. The molecule has 2 aromatic heterocycles. The normalized spacial score (nSPS) is 12.4. The first-order chi connectivity index (χ1) is 7.68. The summed E-state index contributed by atoms with van der Waals surface area (Å²) in [5.41, 5.74) is 2.51. The van der Waals surface area contributed by atoms with Gasteiger partial charge in [0.2, 0.25) is 0 Å². The monoisotopic (exact) mass is 235 g/mol. The molecule has 1 amide bonds. The van der Waals surface area contributed by atoms with Gasteiger partial charge in [0.25, 0.3) is 5.91 Å². The second kappa shape index (κ2) is 4.49. The maximum absolute atomic E-state index is 11.9. The van der Waals surface area contributed by atoms with Crippen LogP contribution in [-0.4, -0.2) is 16.1 Å². The molecule has 0 spiro atoms. The predicted octanol–water partition coefficient (Wildman–Crippen LogP) is 2.27. The molecule has 0 aliphatic heterocycles. The van der Waals surface area contributed by atoms with E-state index in [0.717, 1.165) is 11.3 Å². The Balaban J connectivity index is 2.06. The lowest BCUT2D eigenvalue weighted by Gasteiger charge is -2.11. The number of amides is 1. The number of carbonyl (C=O) groups is 1. The van der Waals surface area contributed by atoms with E-state index in [1.807, 2.05) is 30.7 Å². The summed E-state index contributed by atoms with van der Waals surface area (Å²) < 4.78 is 0. The van der Waals surface area contributed by atoms with Crippen LogP contribution in [0.15, 0.2) is 23.0 Å². The van der Waals surface area contributed by atoms with E-state index in [1.54, 1.807) is 17.5 Å². The predicted molar refractivity (Wildman–Crippen MR) is 63.5 cm³/mol. The lowest BCUT2D eigenvalue weighted by molar-refractivity contribution is 0.0939. The summed E-state index contributed by atoms with van der Waals surface area (Å²) in [6, 6.07) is 2.03. The maximum atomic E-state index is 11.9. The van der Waals surface area contributed by atoms with E-state index in [-0.39, 0.29) is 11.9 Å². The minimum Gasteiger partial charge on any atom is -0.345 e. The molecule has 84 valence electrons. The van der Waals surface area contributed by atoms with Crippen molar-refractivity contribution in [2.45, 2.75) is 19.9 Å². The van der Waals surface area contributed by atoms with Gasteiger partial charge in [-0.25, -0.2) is 0 Å². The zero-order valence-corrected chi connectivity index (χ0v) is 9.97. The number of hydrogen-bond donors (Lipinski definition) is 2. The fourth-order valence-electron chi connectivity index (χ4n) is 1.46. The summed E-state index contributed by atoms with van der Waals surface area (Å²) >= 11 is 1.63. The highest BCUT2D eigenvalue weighted by Crippen LogP contribution is 2.16. The summed E-state index contributed by atoms with van der Waals surface area (Å²) in [6.45, 7) is 3.80. The molecule has 1 unspecified atom stereocenters. The van der Waals surface area contributed by atoms with Crippen LogP contribution in [0.3, 0.4) is 0 Å². The minimum absolute atomic E-state index is 0.0213. The molecular formula is C11H13N3OS. The number of hydrogen-bond acceptors (Lipinski definition) is 3. The van der Waals surface area contributed by atoms with Gasteiger partial charge in [0.05, 0.1) is 17.8 Å². The van der Waals surface area contributed by atoms with Gasteiger partial charge in [-0.2, -0.15) is 16.4 Å². The van der Waals surface area contributed by atoms with Crippen molar-refractivity contribution >= 4 is 17.2 Å². The molecule has 16 heavy (non-hydrogen) atoms. The number of aromatic amines is 1. The van der Waals surface area contributed by atoms with Crippen LogP contribution in [0.4, 0.5) is 0 Å². The topological polar surface area (TPSA) is 57.8 Å². The van der Waals surface area contributed by atoms with Gasteiger partial charge in [0, 0.05) is 5.69 Å². The smallest absolute Gasteiger partial charge is 0.255 e. The summed E-state index contributed by atoms with van der Waals surface area (Å²) in [4.78, 5) is 11.9. The maximum Gasteiger partial charge on any atom is 0.255 e. The van der Waals surface area contributed by atoms with E-state index in [4.69, 9.17) is 0 Å². The van der Waals surface area contributed by atoms with Crippen molar-refractivity contribution in [2.24, 2.45) is 0 Å². The van der Waals surface area contributed by atoms with E-state index in [9.17, 15) is 4.79 Å². The Labute approximate surface area is 97.7 Å². The molecule has 0 radical (unpaired) electrons. The number of nitrogens with zero attached hydrogens (tertiary/aromatic N) is 1. The van der Waals surface area contributed by atoms with Crippen molar-refractivity contribution in [1.82, 2.24) is 15.5 Å². The van der Waals surface area contributed by atoms with Gasteiger partial charge in [-0.05, 0) is 36.2 Å². The Hall–Kier alpha value is -1.62. The molecule has 2 rings (SSSR count). The van der Waals surface area contributed by atoms with Gasteiger partial charge in [0.1, 0.15) is 0 Å². The Kier molecular flexibility index (Phi) is 3.05. The van der Waals surface area contributed by atoms with Gasteiger partial charge in [0.15, 0.2) is 0 Å². The molecule has 0 fully saturated rings. The first-order valence-electron chi connectivity index (χ1n) is 5.01. The minimum atomic E-state index is -0.0926. The third kappa shape index (κ3) is 2.14. The van der Waals surface area contributed by atoms with Crippen LogP contribution >= 0.6 is 11.3 Å². The molecule has 0 saturated heterocycles. The second-order valence-electron chi connectivity index (χ2n) is 3.66. The summed E-state index contributed by atoms with van der Waals surface area (Å²) in [5, 5.41) is 13.5. The number of aryl methyl sites for hydroxylation is 1. The second-order valence-corrected chi connectivity index (χ2v) is 4.44. The van der Waals surface area contributed by atoms with Gasteiger partial charge in [-0.15, -0.1) is 0 Å². The quantitative estimate of drug-likeness (QED) is 0.857. The molecule has 0 aromatic carbocycles. The highest BCUT2D eigenvalue weighted by atomic mass is 32.1. The summed E-state index contributed by atoms with van der Waals surface area (Å²) in [7, 11) is 0. The fourth-order valence-corrected chi connectivity index (χ4v) is 2.21. The fraction of sp³-hybridized carbons (Fsp3) is 0.273. The van der Waals surface area contributed by atoms with Crippen molar-refractivity contribution in [1.29, 1.82) is 0 Å². The third-order valence-electron chi connectivity index (χ3n) is 2.47. The van der Waals surface area contributed by atoms with Crippen LogP contribution in [0.1, 0.15) is 34.6 Å². The van der Waals surface area contributed by atoms with E-state index in [2.05, 4.69) is 15.5 Å². The van der Waals surface area contributed by atoms with Gasteiger partial charge >= 0.3 is 0 Å². The number of aromatic nitrogens is 2. The number of thiophene rings is 1.